The predicted octanol–water partition coefficient (Wildman–Crippen LogP) is 0.174. The largest absolute Gasteiger partial charge is 0.507 e. The Morgan fingerprint density at radius 3 is 1.50 bits per heavy atom. The van der Waals surface area contributed by atoms with E-state index in [1.165, 1.54) is 21.3 Å². The van der Waals surface area contributed by atoms with Gasteiger partial charge in [0.15, 0.2) is 0 Å². The molecule has 4 N–H and O–H groups in total. The van der Waals surface area contributed by atoms with Gasteiger partial charge in [-0.15, -0.1) is 0 Å². The summed E-state index contributed by atoms with van der Waals surface area (Å²) in [7, 11) is 0. The Kier molecular flexibility index (Phi) is 5.89. The minimum Gasteiger partial charge on any atom is -0.507 e. The van der Waals surface area contributed by atoms with E-state index in [-0.39, 0.29) is 48.9 Å². The molecule has 0 atom stereocenters. The molecule has 0 spiro atoms. The van der Waals surface area contributed by atoms with Crippen molar-refractivity contribution < 1.29 is 20.4 Å². The molecule has 142 valence electrons. The second kappa shape index (κ2) is 7.76. The molecule has 0 amide bonds. The summed E-state index contributed by atoms with van der Waals surface area (Å²) in [6.07, 6.45) is 0. The molecule has 0 aliphatic heterocycles. The first-order chi connectivity index (χ1) is 12.2. The molecular weight excluding hydrogens is 340 g/mol. The Balaban J connectivity index is 2.73. The number of aromatic nitrogens is 2. The number of aliphatic hydroxyl groups excluding tert-OH is 2. The first-order valence-electron chi connectivity index (χ1n) is 8.32. The van der Waals surface area contributed by atoms with Crippen molar-refractivity contribution in [2.24, 2.45) is 0 Å². The average Bonchev–Trinajstić information content (AvgIpc) is 2.55. The van der Waals surface area contributed by atoms with Crippen LogP contribution in [0.5, 0.6) is 11.5 Å². The highest BCUT2D eigenvalue weighted by molar-refractivity contribution is 5.45. The molecular formula is C18H24N2O6. The molecule has 0 aromatic carbocycles. The maximum absolute atomic E-state index is 12.8. The Morgan fingerprint density at radius 2 is 1.19 bits per heavy atom. The summed E-state index contributed by atoms with van der Waals surface area (Å²) in [5.41, 5.74) is -0.174. The van der Waals surface area contributed by atoms with Crippen molar-refractivity contribution >= 4 is 0 Å². The van der Waals surface area contributed by atoms with Crippen LogP contribution in [0.15, 0.2) is 21.7 Å². The van der Waals surface area contributed by atoms with Crippen LogP contribution in [0.1, 0.15) is 35.4 Å². The minimum atomic E-state index is -0.883. The lowest BCUT2D eigenvalue weighted by atomic mass is 9.92. The van der Waals surface area contributed by atoms with Crippen LogP contribution in [0.25, 0.3) is 0 Å². The van der Waals surface area contributed by atoms with Crippen molar-refractivity contribution in [2.75, 3.05) is 13.2 Å². The Morgan fingerprint density at radius 1 is 0.846 bits per heavy atom. The monoisotopic (exact) mass is 364 g/mol. The summed E-state index contributed by atoms with van der Waals surface area (Å²) in [4.78, 5) is 25.6. The molecule has 2 rings (SSSR count). The Bertz CT molecular complexity index is 853. The smallest absolute Gasteiger partial charge is 0.258 e. The van der Waals surface area contributed by atoms with Gasteiger partial charge < -0.3 is 29.6 Å². The topological polar surface area (TPSA) is 125 Å². The van der Waals surface area contributed by atoms with Crippen LogP contribution in [0.4, 0.5) is 0 Å². The molecule has 0 aliphatic carbocycles. The molecule has 0 radical (unpaired) electrons. The van der Waals surface area contributed by atoms with Gasteiger partial charge in [0, 0.05) is 30.4 Å². The van der Waals surface area contributed by atoms with Gasteiger partial charge in [-0.1, -0.05) is 6.92 Å². The zero-order valence-electron chi connectivity index (χ0n) is 15.1. The highest BCUT2D eigenvalue weighted by Gasteiger charge is 2.26. The van der Waals surface area contributed by atoms with Crippen LogP contribution >= 0.6 is 0 Å². The number of hydrogen-bond acceptors (Lipinski definition) is 6. The van der Waals surface area contributed by atoms with Gasteiger partial charge in [-0.3, -0.25) is 9.59 Å². The first kappa shape index (κ1) is 19.7. The lowest BCUT2D eigenvalue weighted by Gasteiger charge is -2.19. The SMILES string of the molecule is Cc1cc(O)c(C(C)c2c(O)cc(C)n(CCO)c2=O)c(=O)n1CCO. The number of pyridine rings is 2. The zero-order valence-corrected chi connectivity index (χ0v) is 15.1. The summed E-state index contributed by atoms with van der Waals surface area (Å²) >= 11 is 0. The molecule has 0 bridgehead atoms. The normalized spacial score (nSPS) is 11.3. The molecule has 8 heteroatoms. The molecule has 0 fully saturated rings. The van der Waals surface area contributed by atoms with Crippen LogP contribution in [0, 0.1) is 13.8 Å². The van der Waals surface area contributed by atoms with Gasteiger partial charge in [0.05, 0.1) is 24.3 Å². The fourth-order valence-corrected chi connectivity index (χ4v) is 3.25. The third kappa shape index (κ3) is 3.38. The maximum atomic E-state index is 12.8. The summed E-state index contributed by atoms with van der Waals surface area (Å²) in [5, 5.41) is 38.9. The average molecular weight is 364 g/mol. The standard InChI is InChI=1S/C18H24N2O6/c1-10-8-13(23)15(17(25)19(10)4-6-21)12(3)16-14(24)9-11(2)20(5-7-22)18(16)26/h8-9,12,21-24H,4-7H2,1-3H3. The van der Waals surface area contributed by atoms with E-state index in [0.717, 1.165) is 0 Å². The maximum Gasteiger partial charge on any atom is 0.258 e. The van der Waals surface area contributed by atoms with Crippen LogP contribution in [0.2, 0.25) is 0 Å². The van der Waals surface area contributed by atoms with Gasteiger partial charge in [-0.2, -0.15) is 0 Å². The van der Waals surface area contributed by atoms with Crippen LogP contribution < -0.4 is 11.1 Å². The molecule has 2 aromatic heterocycles. The van der Waals surface area contributed by atoms with E-state index >= 15 is 0 Å². The van der Waals surface area contributed by atoms with Crippen molar-refractivity contribution in [1.29, 1.82) is 0 Å². The van der Waals surface area contributed by atoms with Crippen LogP contribution in [-0.4, -0.2) is 42.8 Å². The number of aryl methyl sites for hydroxylation is 2. The molecule has 2 heterocycles. The lowest BCUT2D eigenvalue weighted by Crippen LogP contribution is -2.32. The second-order valence-corrected chi connectivity index (χ2v) is 6.25. The molecule has 2 aromatic rings. The van der Waals surface area contributed by atoms with E-state index in [1.807, 2.05) is 0 Å². The van der Waals surface area contributed by atoms with Gasteiger partial charge in [-0.25, -0.2) is 0 Å². The fraction of sp³-hybridized carbons (Fsp3) is 0.444. The van der Waals surface area contributed by atoms with Gasteiger partial charge in [0.2, 0.25) is 0 Å². The van der Waals surface area contributed by atoms with E-state index in [9.17, 15) is 19.8 Å². The Hall–Kier alpha value is -2.58. The van der Waals surface area contributed by atoms with Crippen LogP contribution in [0.3, 0.4) is 0 Å². The molecule has 8 nitrogen and oxygen atoms in total. The van der Waals surface area contributed by atoms with E-state index in [0.29, 0.717) is 11.4 Å². The summed E-state index contributed by atoms with van der Waals surface area (Å²) in [5.74, 6) is -1.43. The van der Waals surface area contributed by atoms with Gasteiger partial charge in [-0.05, 0) is 26.0 Å². The molecule has 0 saturated heterocycles. The van der Waals surface area contributed by atoms with Crippen molar-refractivity contribution in [3.63, 3.8) is 0 Å². The fourth-order valence-electron chi connectivity index (χ4n) is 3.25. The number of aliphatic hydroxyl groups is 2. The number of nitrogens with zero attached hydrogens (tertiary/aromatic N) is 2. The minimum absolute atomic E-state index is 0.0316. The van der Waals surface area contributed by atoms with Crippen molar-refractivity contribution in [1.82, 2.24) is 9.13 Å². The molecule has 0 aliphatic rings. The van der Waals surface area contributed by atoms with Crippen molar-refractivity contribution in [3.8, 4) is 11.5 Å². The quantitative estimate of drug-likeness (QED) is 0.579. The second-order valence-electron chi connectivity index (χ2n) is 6.25. The first-order valence-corrected chi connectivity index (χ1v) is 8.32. The van der Waals surface area contributed by atoms with E-state index < -0.39 is 17.0 Å². The van der Waals surface area contributed by atoms with Crippen LogP contribution in [-0.2, 0) is 13.1 Å². The summed E-state index contributed by atoms with van der Waals surface area (Å²) in [6, 6.07) is 2.78. The van der Waals surface area contributed by atoms with E-state index in [1.54, 1.807) is 20.8 Å². The van der Waals surface area contributed by atoms with Gasteiger partial charge in [0.1, 0.15) is 11.5 Å². The van der Waals surface area contributed by atoms with Gasteiger partial charge in [0.25, 0.3) is 11.1 Å². The number of hydrogen-bond donors (Lipinski definition) is 4. The third-order valence-corrected chi connectivity index (χ3v) is 4.56. The molecule has 0 unspecified atom stereocenters. The van der Waals surface area contributed by atoms with Crippen molar-refractivity contribution in [3.05, 3.63) is 55.4 Å². The highest BCUT2D eigenvalue weighted by Crippen LogP contribution is 2.32. The lowest BCUT2D eigenvalue weighted by molar-refractivity contribution is 0.272. The summed E-state index contributed by atoms with van der Waals surface area (Å²) in [6.45, 7) is 4.41. The number of rotatable bonds is 6. The Labute approximate surface area is 150 Å². The van der Waals surface area contributed by atoms with E-state index in [2.05, 4.69) is 0 Å². The highest BCUT2D eigenvalue weighted by atomic mass is 16.3. The summed E-state index contributed by atoms with van der Waals surface area (Å²) < 4.78 is 2.62. The number of aromatic hydroxyl groups is 2. The third-order valence-electron chi connectivity index (χ3n) is 4.56. The van der Waals surface area contributed by atoms with Gasteiger partial charge >= 0.3 is 0 Å². The predicted molar refractivity (Wildman–Crippen MR) is 95.9 cm³/mol. The van der Waals surface area contributed by atoms with E-state index in [4.69, 9.17) is 10.2 Å². The zero-order chi connectivity index (χ0) is 19.6. The van der Waals surface area contributed by atoms with Crippen molar-refractivity contribution in [2.45, 2.75) is 39.8 Å². The molecule has 26 heavy (non-hydrogen) atoms. The molecule has 0 saturated carbocycles.